The number of nitrogens with zero attached hydrogens (tertiary/aromatic N) is 1. The molecule has 2 atom stereocenters. The molecule has 1 aliphatic carbocycles. The number of hydrogen-bond donors (Lipinski definition) is 3. The quantitative estimate of drug-likeness (QED) is 0.344. The lowest BCUT2D eigenvalue weighted by Crippen LogP contribution is -2.57. The normalized spacial score (nSPS) is 15.2. The highest BCUT2D eigenvalue weighted by atomic mass is 16.6. The molecule has 1 fully saturated rings. The number of ether oxygens (including phenoxy) is 1. The Bertz CT molecular complexity index is 921. The van der Waals surface area contributed by atoms with Gasteiger partial charge in [-0.25, -0.2) is 4.79 Å². The first-order valence-electron chi connectivity index (χ1n) is 13.4. The smallest absolute Gasteiger partial charge is 0.408 e. The van der Waals surface area contributed by atoms with Gasteiger partial charge in [0.1, 0.15) is 17.7 Å². The standard InChI is InChI=1S/C28H44N4O5/c1-6-8-18-30-25(34)24(20-14-12-19(7-2)13-15-20)32(21-10-9-11-21)26(35)22(16-17-23(29)33)31-27(36)37-28(3,4)5/h12-15,21-22,24H,6-11,16-18H2,1-5H3,(H2,29,33)(H,30,34)(H,31,36). The van der Waals surface area contributed by atoms with Crippen molar-refractivity contribution in [1.82, 2.24) is 15.5 Å². The minimum atomic E-state index is -1.07. The van der Waals surface area contributed by atoms with Gasteiger partial charge in [-0.05, 0) is 70.4 Å². The van der Waals surface area contributed by atoms with Crippen LogP contribution < -0.4 is 16.4 Å². The fraction of sp³-hybridized carbons (Fsp3) is 0.643. The fourth-order valence-corrected chi connectivity index (χ4v) is 4.22. The Balaban J connectivity index is 2.45. The van der Waals surface area contributed by atoms with E-state index in [2.05, 4.69) is 17.6 Å². The molecule has 0 bridgehead atoms. The number of carbonyl (C=O) groups is 4. The third-order valence-corrected chi connectivity index (χ3v) is 6.45. The van der Waals surface area contributed by atoms with Crippen LogP contribution >= 0.6 is 0 Å². The molecule has 0 aliphatic heterocycles. The van der Waals surface area contributed by atoms with Crippen LogP contribution in [-0.4, -0.2) is 52.9 Å². The third kappa shape index (κ3) is 9.37. The van der Waals surface area contributed by atoms with Gasteiger partial charge in [-0.3, -0.25) is 14.4 Å². The minimum Gasteiger partial charge on any atom is -0.444 e. The molecule has 0 radical (unpaired) electrons. The second-order valence-corrected chi connectivity index (χ2v) is 10.7. The largest absolute Gasteiger partial charge is 0.444 e. The highest BCUT2D eigenvalue weighted by Crippen LogP contribution is 2.34. The van der Waals surface area contributed by atoms with Crippen LogP contribution in [0.25, 0.3) is 0 Å². The summed E-state index contributed by atoms with van der Waals surface area (Å²) < 4.78 is 5.37. The number of aryl methyl sites for hydroxylation is 1. The van der Waals surface area contributed by atoms with Gasteiger partial charge in [0, 0.05) is 19.0 Å². The topological polar surface area (TPSA) is 131 Å². The maximum absolute atomic E-state index is 14.1. The predicted molar refractivity (Wildman–Crippen MR) is 143 cm³/mol. The molecule has 1 aliphatic rings. The zero-order valence-electron chi connectivity index (χ0n) is 23.0. The monoisotopic (exact) mass is 516 g/mol. The van der Waals surface area contributed by atoms with E-state index in [9.17, 15) is 19.2 Å². The van der Waals surface area contributed by atoms with Crippen molar-refractivity contribution in [3.05, 3.63) is 35.4 Å². The molecule has 206 valence electrons. The van der Waals surface area contributed by atoms with Crippen molar-refractivity contribution in [2.24, 2.45) is 5.73 Å². The molecule has 2 rings (SSSR count). The van der Waals surface area contributed by atoms with Crippen molar-refractivity contribution < 1.29 is 23.9 Å². The maximum Gasteiger partial charge on any atom is 0.408 e. The van der Waals surface area contributed by atoms with Gasteiger partial charge in [-0.1, -0.05) is 44.5 Å². The van der Waals surface area contributed by atoms with Gasteiger partial charge in [0.15, 0.2) is 0 Å². The van der Waals surface area contributed by atoms with E-state index in [1.807, 2.05) is 31.2 Å². The molecule has 2 unspecified atom stereocenters. The van der Waals surface area contributed by atoms with Crippen molar-refractivity contribution >= 4 is 23.8 Å². The molecule has 9 nitrogen and oxygen atoms in total. The maximum atomic E-state index is 14.1. The number of nitrogens with one attached hydrogen (secondary N) is 2. The Hall–Kier alpha value is -3.10. The van der Waals surface area contributed by atoms with Crippen molar-refractivity contribution in [3.8, 4) is 0 Å². The third-order valence-electron chi connectivity index (χ3n) is 6.45. The summed E-state index contributed by atoms with van der Waals surface area (Å²) in [5.41, 5.74) is 6.44. The molecule has 9 heteroatoms. The molecule has 1 aromatic rings. The van der Waals surface area contributed by atoms with Gasteiger partial charge < -0.3 is 26.0 Å². The molecular weight excluding hydrogens is 472 g/mol. The zero-order chi connectivity index (χ0) is 27.6. The summed E-state index contributed by atoms with van der Waals surface area (Å²) in [7, 11) is 0. The second-order valence-electron chi connectivity index (χ2n) is 10.7. The summed E-state index contributed by atoms with van der Waals surface area (Å²) in [6, 6.07) is 5.63. The second kappa shape index (κ2) is 14.0. The highest BCUT2D eigenvalue weighted by Gasteiger charge is 2.41. The number of carbonyl (C=O) groups excluding carboxylic acids is 4. The van der Waals surface area contributed by atoms with Crippen LogP contribution in [-0.2, 0) is 25.5 Å². The summed E-state index contributed by atoms with van der Waals surface area (Å²) in [6.45, 7) is 9.79. The Morgan fingerprint density at radius 1 is 1.11 bits per heavy atom. The number of benzene rings is 1. The predicted octanol–water partition coefficient (Wildman–Crippen LogP) is 3.75. The van der Waals surface area contributed by atoms with Gasteiger partial charge in [0.25, 0.3) is 0 Å². The molecule has 4 amide bonds. The van der Waals surface area contributed by atoms with Crippen molar-refractivity contribution in [2.75, 3.05) is 6.54 Å². The lowest BCUT2D eigenvalue weighted by Gasteiger charge is -2.43. The molecule has 0 saturated heterocycles. The minimum absolute atomic E-state index is 0.00950. The molecule has 4 N–H and O–H groups in total. The molecule has 0 heterocycles. The highest BCUT2D eigenvalue weighted by molar-refractivity contribution is 5.92. The lowest BCUT2D eigenvalue weighted by molar-refractivity contribution is -0.147. The van der Waals surface area contributed by atoms with E-state index >= 15 is 0 Å². The number of alkyl carbamates (subject to hydrolysis) is 1. The Labute approximate surface area is 220 Å². The zero-order valence-corrected chi connectivity index (χ0v) is 23.0. The number of primary amides is 1. The number of hydrogen-bond acceptors (Lipinski definition) is 5. The molecule has 1 aromatic carbocycles. The van der Waals surface area contributed by atoms with Crippen LogP contribution in [0.3, 0.4) is 0 Å². The van der Waals surface area contributed by atoms with Crippen LogP contribution in [0.1, 0.15) is 96.7 Å². The van der Waals surface area contributed by atoms with Crippen molar-refractivity contribution in [3.63, 3.8) is 0 Å². The first kappa shape index (κ1) is 30.1. The van der Waals surface area contributed by atoms with E-state index < -0.39 is 35.6 Å². The first-order chi connectivity index (χ1) is 17.5. The Morgan fingerprint density at radius 3 is 2.24 bits per heavy atom. The molecule has 0 spiro atoms. The van der Waals surface area contributed by atoms with Gasteiger partial charge in [0.2, 0.25) is 17.7 Å². The SMILES string of the molecule is CCCCNC(=O)C(c1ccc(CC)cc1)N(C(=O)C(CCC(N)=O)NC(=O)OC(C)(C)C)C1CCC1. The first-order valence-corrected chi connectivity index (χ1v) is 13.4. The number of rotatable bonds is 13. The Kier molecular flexibility index (Phi) is 11.4. The number of amides is 4. The fourth-order valence-electron chi connectivity index (χ4n) is 4.22. The van der Waals surface area contributed by atoms with Gasteiger partial charge in [0.05, 0.1) is 0 Å². The lowest BCUT2D eigenvalue weighted by atomic mass is 9.87. The van der Waals surface area contributed by atoms with Gasteiger partial charge >= 0.3 is 6.09 Å². The molecule has 0 aromatic heterocycles. The Morgan fingerprint density at radius 2 is 1.76 bits per heavy atom. The van der Waals surface area contributed by atoms with E-state index in [1.165, 1.54) is 0 Å². The van der Waals surface area contributed by atoms with Crippen molar-refractivity contribution in [1.29, 1.82) is 0 Å². The number of unbranched alkanes of at least 4 members (excludes halogenated alkanes) is 1. The molecular formula is C28H44N4O5. The summed E-state index contributed by atoms with van der Waals surface area (Å²) in [6.07, 6.45) is 4.22. The molecule has 1 saturated carbocycles. The van der Waals surface area contributed by atoms with Gasteiger partial charge in [-0.2, -0.15) is 0 Å². The summed E-state index contributed by atoms with van der Waals surface area (Å²) >= 11 is 0. The van der Waals surface area contributed by atoms with Crippen LogP contribution in [0.15, 0.2) is 24.3 Å². The summed E-state index contributed by atoms with van der Waals surface area (Å²) in [4.78, 5) is 53.4. The van der Waals surface area contributed by atoms with E-state index in [0.29, 0.717) is 12.1 Å². The van der Waals surface area contributed by atoms with Crippen LogP contribution in [0.2, 0.25) is 0 Å². The van der Waals surface area contributed by atoms with E-state index in [1.54, 1.807) is 25.7 Å². The average molecular weight is 517 g/mol. The van der Waals surface area contributed by atoms with Crippen LogP contribution in [0.5, 0.6) is 0 Å². The van der Waals surface area contributed by atoms with E-state index in [-0.39, 0.29) is 24.8 Å². The van der Waals surface area contributed by atoms with E-state index in [0.717, 1.165) is 44.1 Å². The van der Waals surface area contributed by atoms with Crippen molar-refractivity contribution in [2.45, 2.75) is 110 Å². The van der Waals surface area contributed by atoms with Crippen LogP contribution in [0.4, 0.5) is 4.79 Å². The molecule has 37 heavy (non-hydrogen) atoms. The summed E-state index contributed by atoms with van der Waals surface area (Å²) in [5.74, 6) is -1.26. The number of nitrogens with two attached hydrogens (primary N) is 1. The van der Waals surface area contributed by atoms with E-state index in [4.69, 9.17) is 10.5 Å². The van der Waals surface area contributed by atoms with Gasteiger partial charge in [-0.15, -0.1) is 0 Å². The average Bonchev–Trinajstić information content (AvgIpc) is 2.79. The summed E-state index contributed by atoms with van der Waals surface area (Å²) in [5, 5.41) is 5.63. The van der Waals surface area contributed by atoms with Crippen LogP contribution in [0, 0.1) is 0 Å².